The molecule has 0 fully saturated rings. The van der Waals surface area contributed by atoms with Crippen LogP contribution < -0.4 is 18.3 Å². The minimum Gasteiger partial charge on any atom is -0.258 e. The van der Waals surface area contributed by atoms with Crippen LogP contribution in [-0.2, 0) is 0 Å². The average molecular weight is 827 g/mol. The Bertz CT molecular complexity index is 2830. The smallest absolute Gasteiger partial charge is 0.258 e. The van der Waals surface area contributed by atoms with Crippen LogP contribution in [0.2, 0.25) is 0 Å². The predicted octanol–water partition coefficient (Wildman–Crippen LogP) is 8.18. The molecular weight excluding hydrogens is 797 g/mol. The highest BCUT2D eigenvalue weighted by atomic mass is 16.6. The molecule has 4 heterocycles. The van der Waals surface area contributed by atoms with Gasteiger partial charge in [-0.3, -0.25) is 40.5 Å². The van der Waals surface area contributed by atoms with Gasteiger partial charge >= 0.3 is 11.4 Å². The highest BCUT2D eigenvalue weighted by Gasteiger charge is 2.27. The maximum Gasteiger partial charge on any atom is 0.347 e. The quantitative estimate of drug-likeness (QED) is 0.0506. The zero-order valence-electron chi connectivity index (χ0n) is 32.1. The number of nitrogens with zero attached hydrogens (tertiary/aromatic N) is 10. The highest BCUT2D eigenvalue weighted by molar-refractivity contribution is 5.63. The second-order valence-corrected chi connectivity index (χ2v) is 13.6. The molecule has 0 spiro atoms. The molecule has 18 heteroatoms. The van der Waals surface area contributed by atoms with Crippen LogP contribution in [0.4, 0.5) is 34.1 Å². The molecule has 0 saturated carbocycles. The molecular formula is C44H30N10O8+4. The van der Waals surface area contributed by atoms with Crippen molar-refractivity contribution in [3.63, 3.8) is 0 Å². The first-order valence-electron chi connectivity index (χ1n) is 18.6. The molecule has 0 saturated heterocycles. The lowest BCUT2D eigenvalue weighted by atomic mass is 10.1. The Labute approximate surface area is 350 Å². The van der Waals surface area contributed by atoms with E-state index in [1.54, 1.807) is 33.9 Å². The van der Waals surface area contributed by atoms with E-state index in [0.717, 1.165) is 45.8 Å². The fraction of sp³-hybridized carbons (Fsp3) is 0. The van der Waals surface area contributed by atoms with E-state index in [4.69, 9.17) is 0 Å². The maximum atomic E-state index is 11.6. The summed E-state index contributed by atoms with van der Waals surface area (Å²) >= 11 is 0. The monoisotopic (exact) mass is 826 g/mol. The molecule has 0 aliphatic rings. The fourth-order valence-electron chi connectivity index (χ4n) is 6.62. The number of aromatic nitrogens is 4. The van der Waals surface area contributed by atoms with Crippen LogP contribution in [0.15, 0.2) is 193 Å². The van der Waals surface area contributed by atoms with Gasteiger partial charge in [-0.15, -0.1) is 0 Å². The van der Waals surface area contributed by atoms with E-state index >= 15 is 0 Å². The van der Waals surface area contributed by atoms with Gasteiger partial charge in [0.1, 0.15) is 12.1 Å². The number of azo groups is 1. The number of nitro benzene ring substituents is 4. The third kappa shape index (κ3) is 8.45. The van der Waals surface area contributed by atoms with Crippen molar-refractivity contribution in [3.05, 3.63) is 223 Å². The zero-order valence-corrected chi connectivity index (χ0v) is 32.1. The maximum absolute atomic E-state index is 11.6. The van der Waals surface area contributed by atoms with E-state index in [1.165, 1.54) is 24.3 Å². The highest BCUT2D eigenvalue weighted by Crippen LogP contribution is 2.27. The van der Waals surface area contributed by atoms with Gasteiger partial charge in [-0.05, 0) is 46.5 Å². The summed E-state index contributed by atoms with van der Waals surface area (Å²) in [5.41, 5.74) is 5.71. The van der Waals surface area contributed by atoms with Crippen LogP contribution in [0.25, 0.3) is 45.0 Å². The van der Waals surface area contributed by atoms with Gasteiger partial charge in [-0.1, -0.05) is 0 Å². The van der Waals surface area contributed by atoms with Crippen molar-refractivity contribution in [1.82, 2.24) is 0 Å². The Hall–Kier alpha value is -9.32. The normalized spacial score (nSPS) is 11.0. The van der Waals surface area contributed by atoms with Crippen molar-refractivity contribution < 1.29 is 38.0 Å². The van der Waals surface area contributed by atoms with Crippen molar-refractivity contribution in [2.75, 3.05) is 0 Å². The molecule has 0 unspecified atom stereocenters. The zero-order chi connectivity index (χ0) is 43.3. The molecule has 8 rings (SSSR count). The molecule has 0 N–H and O–H groups in total. The lowest BCUT2D eigenvalue weighted by molar-refractivity contribution is -0.601. The Balaban J connectivity index is 0.879. The van der Waals surface area contributed by atoms with E-state index in [-0.39, 0.29) is 34.1 Å². The molecule has 0 amide bonds. The third-order valence-corrected chi connectivity index (χ3v) is 9.85. The second kappa shape index (κ2) is 16.9. The van der Waals surface area contributed by atoms with Gasteiger partial charge in [0.05, 0.1) is 31.1 Å². The van der Waals surface area contributed by atoms with Crippen molar-refractivity contribution >= 4 is 34.1 Å². The van der Waals surface area contributed by atoms with Gasteiger partial charge in [0.2, 0.25) is 11.4 Å². The van der Waals surface area contributed by atoms with Crippen molar-refractivity contribution in [1.29, 1.82) is 0 Å². The SMILES string of the molecule is O=[N+]([O-])c1ccc(-[n+]2ccc(-c3cc[n+](-c4ccc(N=Nc5ccc(-[n+]6ccc(-c7cc[n+](-c8ccc([N+](=O)[O-])cc8[N+](=O)[O-])cc7)cc6)cc5)cc4)cc3)cc2)c([N+](=O)[O-])c1. The van der Waals surface area contributed by atoms with E-state index in [1.807, 2.05) is 131 Å². The number of rotatable bonds is 12. The molecule has 0 atom stereocenters. The summed E-state index contributed by atoms with van der Waals surface area (Å²) in [5, 5.41) is 54.2. The molecule has 4 aromatic heterocycles. The molecule has 8 aromatic rings. The number of non-ortho nitro benzene ring substituents is 2. The summed E-state index contributed by atoms with van der Waals surface area (Å²) in [6.07, 6.45) is 14.3. The van der Waals surface area contributed by atoms with Gasteiger partial charge in [-0.25, -0.2) is 0 Å². The summed E-state index contributed by atoms with van der Waals surface area (Å²) in [6.45, 7) is 0. The summed E-state index contributed by atoms with van der Waals surface area (Å²) in [4.78, 5) is 42.8. The fourth-order valence-corrected chi connectivity index (χ4v) is 6.62. The third-order valence-electron chi connectivity index (χ3n) is 9.85. The molecule has 4 aromatic carbocycles. The first kappa shape index (κ1) is 39.5. The van der Waals surface area contributed by atoms with Gasteiger partial charge in [0, 0.05) is 97.1 Å². The van der Waals surface area contributed by atoms with Crippen LogP contribution in [0.5, 0.6) is 0 Å². The second-order valence-electron chi connectivity index (χ2n) is 13.6. The van der Waals surface area contributed by atoms with E-state index < -0.39 is 19.7 Å². The van der Waals surface area contributed by atoms with E-state index in [2.05, 4.69) is 10.2 Å². The minimum absolute atomic E-state index is 0.213. The van der Waals surface area contributed by atoms with Gasteiger partial charge in [0.15, 0.2) is 49.6 Å². The van der Waals surface area contributed by atoms with Crippen LogP contribution in [-0.4, -0.2) is 19.7 Å². The number of benzene rings is 4. The van der Waals surface area contributed by atoms with Crippen molar-refractivity contribution in [3.8, 4) is 45.0 Å². The average Bonchev–Trinajstić information content (AvgIpc) is 3.31. The van der Waals surface area contributed by atoms with Crippen LogP contribution in [0.3, 0.4) is 0 Å². The summed E-state index contributed by atoms with van der Waals surface area (Å²) < 4.78 is 6.99. The largest absolute Gasteiger partial charge is 0.347 e. The molecule has 0 radical (unpaired) electrons. The summed E-state index contributed by atoms with van der Waals surface area (Å²) in [6, 6.07) is 37.3. The van der Waals surface area contributed by atoms with Crippen LogP contribution >= 0.6 is 0 Å². The van der Waals surface area contributed by atoms with Gasteiger partial charge < -0.3 is 0 Å². The Kier molecular flexibility index (Phi) is 10.8. The van der Waals surface area contributed by atoms with Crippen molar-refractivity contribution in [2.45, 2.75) is 0 Å². The van der Waals surface area contributed by atoms with Gasteiger partial charge in [0.25, 0.3) is 22.7 Å². The molecule has 0 bridgehead atoms. The van der Waals surface area contributed by atoms with E-state index in [0.29, 0.717) is 11.4 Å². The number of pyridine rings is 4. The van der Waals surface area contributed by atoms with Crippen LogP contribution in [0, 0.1) is 40.5 Å². The summed E-state index contributed by atoms with van der Waals surface area (Å²) in [5.74, 6) is 0. The number of hydrogen-bond acceptors (Lipinski definition) is 10. The molecule has 18 nitrogen and oxygen atoms in total. The first-order chi connectivity index (χ1) is 30.0. The molecule has 0 aliphatic carbocycles. The summed E-state index contributed by atoms with van der Waals surface area (Å²) in [7, 11) is 0. The molecule has 0 aliphatic heterocycles. The number of hydrogen-bond donors (Lipinski definition) is 0. The van der Waals surface area contributed by atoms with E-state index in [9.17, 15) is 40.5 Å². The topological polar surface area (TPSA) is 213 Å². The molecule has 62 heavy (non-hydrogen) atoms. The predicted molar refractivity (Wildman–Crippen MR) is 221 cm³/mol. The Morgan fingerprint density at radius 1 is 0.339 bits per heavy atom. The Morgan fingerprint density at radius 3 is 0.903 bits per heavy atom. The van der Waals surface area contributed by atoms with Crippen LogP contribution in [0.1, 0.15) is 0 Å². The Morgan fingerprint density at radius 2 is 0.629 bits per heavy atom. The molecule has 300 valence electrons. The van der Waals surface area contributed by atoms with Gasteiger partial charge in [-0.2, -0.15) is 28.5 Å². The number of nitro groups is 4. The standard InChI is InChI=1S/C44H30N10O8/c55-51(56)39-9-11-41(43(29-39)53(59)60)49-25-17-33(18-26-49)31-13-21-47(22-14-31)37-5-1-35(2-6-37)45-46-36-3-7-38(8-4-36)48-23-15-32(16-24-48)34-19-27-50(28-20-34)42-12-10-40(52(57)58)30-44(42)54(61)62/h1-30H/q+4. The van der Waals surface area contributed by atoms with Crippen molar-refractivity contribution in [2.24, 2.45) is 10.2 Å². The minimum atomic E-state index is -0.668. The first-order valence-corrected chi connectivity index (χ1v) is 18.6. The lowest BCUT2D eigenvalue weighted by Gasteiger charge is -2.02. The lowest BCUT2D eigenvalue weighted by Crippen LogP contribution is -2.30.